The molecule has 5 heteroatoms. The summed E-state index contributed by atoms with van der Waals surface area (Å²) in [5, 5.41) is 7.23. The number of nitrogens with zero attached hydrogens (tertiary/aromatic N) is 3. The van der Waals surface area contributed by atoms with Crippen molar-refractivity contribution in [1.82, 2.24) is 14.4 Å². The molecule has 1 radical (unpaired) electrons. The van der Waals surface area contributed by atoms with Crippen molar-refractivity contribution in [2.24, 2.45) is 0 Å². The molecule has 0 aliphatic carbocycles. The molecule has 0 N–H and O–H groups in total. The molecule has 0 unspecified atom stereocenters. The summed E-state index contributed by atoms with van der Waals surface area (Å²) in [6.45, 7) is 6.23. The van der Waals surface area contributed by atoms with Gasteiger partial charge in [0.25, 0.3) is 0 Å². The van der Waals surface area contributed by atoms with E-state index in [1.807, 2.05) is 55.7 Å². The van der Waals surface area contributed by atoms with Crippen LogP contribution in [0, 0.1) is 32.9 Å². The second-order valence-corrected chi connectivity index (χ2v) is 12.2. The maximum absolute atomic E-state index is 6.74. The molecule has 5 aromatic carbocycles. The number of hydrogen-bond acceptors (Lipinski definition) is 3. The van der Waals surface area contributed by atoms with Crippen molar-refractivity contribution in [3.63, 3.8) is 0 Å². The minimum atomic E-state index is 0. The molecule has 0 saturated carbocycles. The first-order valence-electron chi connectivity index (χ1n) is 15.8. The Labute approximate surface area is 291 Å². The number of para-hydroxylation sites is 2. The quantitative estimate of drug-likeness (QED) is 0.164. The maximum atomic E-state index is 6.74. The molecule has 5 aromatic heterocycles. The topological polar surface area (TPSA) is 43.3 Å². The molecule has 0 saturated heterocycles. The summed E-state index contributed by atoms with van der Waals surface area (Å²) in [4.78, 5) is 9.02. The molecule has 0 amide bonds. The van der Waals surface area contributed by atoms with Crippen molar-refractivity contribution in [1.29, 1.82) is 0 Å². The molecule has 233 valence electrons. The van der Waals surface area contributed by atoms with Crippen molar-refractivity contribution < 1.29 is 24.5 Å². The van der Waals surface area contributed by atoms with Crippen LogP contribution in [-0.4, -0.2) is 14.4 Å². The molecule has 4 nitrogen and oxygen atoms in total. The van der Waals surface area contributed by atoms with Crippen molar-refractivity contribution in [2.75, 3.05) is 0 Å². The first-order valence-corrected chi connectivity index (χ1v) is 15.8. The second kappa shape index (κ2) is 11.7. The maximum Gasteiger partial charge on any atom is 0.145 e. The van der Waals surface area contributed by atoms with E-state index in [1.165, 1.54) is 49.3 Å². The van der Waals surface area contributed by atoms with E-state index in [0.29, 0.717) is 0 Å². The average Bonchev–Trinajstić information content (AvgIpc) is 3.78. The standard InChI is InChI=1S/C31H19N2O.C12H10N.Ir/c1-17-15-26(32-16-18(17)2)25-11-6-10-23-24-14-13-22-21-9-5-8-20-19-7-3-4-12-27(19)33(28(20)21)29(22)31(24)34-30(23)25;1-10-7-8-12(13-9-10)11-5-3-2-4-6-11;/h3-10,12-16H,1-2H3;2-5,7-9H,1H3;/q2*-1;. The summed E-state index contributed by atoms with van der Waals surface area (Å²) in [5.74, 6) is 0. The number of furan rings is 1. The molecule has 0 atom stereocenters. The molecule has 48 heavy (non-hydrogen) atoms. The van der Waals surface area contributed by atoms with Gasteiger partial charge >= 0.3 is 0 Å². The Bertz CT molecular complexity index is 2760. The number of rotatable bonds is 2. The first-order chi connectivity index (χ1) is 23.1. The molecular weight excluding hydrogens is 767 g/mol. The average molecular weight is 796 g/mol. The Kier molecular flexibility index (Phi) is 7.32. The van der Waals surface area contributed by atoms with E-state index in [9.17, 15) is 0 Å². The van der Waals surface area contributed by atoms with Gasteiger partial charge in [-0.3, -0.25) is 0 Å². The zero-order valence-electron chi connectivity index (χ0n) is 26.6. The summed E-state index contributed by atoms with van der Waals surface area (Å²) in [5.41, 5.74) is 12.7. The Morgan fingerprint density at radius 2 is 1.29 bits per heavy atom. The Morgan fingerprint density at radius 3 is 2.08 bits per heavy atom. The van der Waals surface area contributed by atoms with E-state index in [1.54, 1.807) is 0 Å². The third-order valence-corrected chi connectivity index (χ3v) is 9.31. The van der Waals surface area contributed by atoms with E-state index >= 15 is 0 Å². The van der Waals surface area contributed by atoms with Crippen LogP contribution in [0.15, 0.2) is 126 Å². The van der Waals surface area contributed by atoms with Gasteiger partial charge in [0.05, 0.1) is 22.1 Å². The van der Waals surface area contributed by atoms with Gasteiger partial charge in [-0.2, -0.15) is 0 Å². The van der Waals surface area contributed by atoms with Crippen LogP contribution in [0.1, 0.15) is 16.7 Å². The van der Waals surface area contributed by atoms with Gasteiger partial charge in [-0.25, -0.2) is 0 Å². The van der Waals surface area contributed by atoms with Crippen LogP contribution < -0.4 is 0 Å². The summed E-state index contributed by atoms with van der Waals surface area (Å²) in [7, 11) is 0. The SMILES string of the molecule is Cc1ccc(-c2[c-]cccc2)nc1.Cc1cnc(-c2[c-]ccc3c2oc2c3ccc3c4cccc5c6ccccc6n(c54)c32)cc1C.[Ir]. The van der Waals surface area contributed by atoms with Gasteiger partial charge in [-0.05, 0) is 49.4 Å². The number of aryl methyl sites for hydroxylation is 3. The zero-order chi connectivity index (χ0) is 31.6. The van der Waals surface area contributed by atoms with Crippen LogP contribution >= 0.6 is 0 Å². The van der Waals surface area contributed by atoms with Crippen LogP contribution in [0.4, 0.5) is 0 Å². The summed E-state index contributed by atoms with van der Waals surface area (Å²) in [6, 6.07) is 44.4. The van der Waals surface area contributed by atoms with E-state index in [-0.39, 0.29) is 20.1 Å². The fourth-order valence-corrected chi connectivity index (χ4v) is 6.83. The molecule has 0 bridgehead atoms. The minimum Gasteiger partial charge on any atom is -0.498 e. The van der Waals surface area contributed by atoms with Gasteiger partial charge in [-0.15, -0.1) is 54.1 Å². The number of fused-ring (bicyclic) bond motifs is 10. The van der Waals surface area contributed by atoms with Crippen molar-refractivity contribution in [2.45, 2.75) is 20.8 Å². The summed E-state index contributed by atoms with van der Waals surface area (Å²) < 4.78 is 9.13. The van der Waals surface area contributed by atoms with Gasteiger partial charge in [0.2, 0.25) is 0 Å². The third kappa shape index (κ3) is 4.62. The molecule has 10 rings (SSSR count). The van der Waals surface area contributed by atoms with Gasteiger partial charge in [0, 0.05) is 59.4 Å². The largest absolute Gasteiger partial charge is 0.498 e. The molecule has 10 aromatic rings. The van der Waals surface area contributed by atoms with Crippen LogP contribution in [0.5, 0.6) is 0 Å². The van der Waals surface area contributed by atoms with Crippen molar-refractivity contribution in [3.05, 3.63) is 150 Å². The zero-order valence-corrected chi connectivity index (χ0v) is 29.0. The molecular formula is C43H29IrN3O-2. The van der Waals surface area contributed by atoms with Crippen LogP contribution in [-0.2, 0) is 20.1 Å². The number of pyridine rings is 2. The van der Waals surface area contributed by atoms with Gasteiger partial charge in [-0.1, -0.05) is 83.2 Å². The van der Waals surface area contributed by atoms with Crippen LogP contribution in [0.2, 0.25) is 0 Å². The van der Waals surface area contributed by atoms with Crippen molar-refractivity contribution >= 4 is 60.0 Å². The van der Waals surface area contributed by atoms with Gasteiger partial charge < -0.3 is 18.8 Å². The number of aromatic nitrogens is 3. The van der Waals surface area contributed by atoms with Gasteiger partial charge in [0.1, 0.15) is 5.58 Å². The smallest absolute Gasteiger partial charge is 0.145 e. The Morgan fingerprint density at radius 1 is 0.562 bits per heavy atom. The fraction of sp³-hybridized carbons (Fsp3) is 0.0698. The molecule has 0 aliphatic rings. The van der Waals surface area contributed by atoms with E-state index in [4.69, 9.17) is 9.40 Å². The van der Waals surface area contributed by atoms with Crippen LogP contribution in [0.25, 0.3) is 82.5 Å². The van der Waals surface area contributed by atoms with Crippen molar-refractivity contribution in [3.8, 4) is 22.5 Å². The Hall–Kier alpha value is -5.35. The number of benzene rings is 5. The molecule has 0 aliphatic heterocycles. The van der Waals surface area contributed by atoms with Crippen LogP contribution in [0.3, 0.4) is 0 Å². The van der Waals surface area contributed by atoms with E-state index in [2.05, 4.69) is 108 Å². The minimum absolute atomic E-state index is 0. The van der Waals surface area contributed by atoms with E-state index < -0.39 is 0 Å². The summed E-state index contributed by atoms with van der Waals surface area (Å²) in [6.07, 6.45) is 3.80. The normalized spacial score (nSPS) is 11.5. The van der Waals surface area contributed by atoms with E-state index in [0.717, 1.165) is 50.0 Å². The number of hydrogen-bond donors (Lipinski definition) is 0. The molecule has 0 spiro atoms. The summed E-state index contributed by atoms with van der Waals surface area (Å²) >= 11 is 0. The molecule has 5 heterocycles. The Balaban J connectivity index is 0.000000203. The monoisotopic (exact) mass is 796 g/mol. The second-order valence-electron chi connectivity index (χ2n) is 12.2. The van der Waals surface area contributed by atoms with Gasteiger partial charge in [0.15, 0.2) is 0 Å². The molecule has 0 fully saturated rings. The first kappa shape index (κ1) is 30.0. The third-order valence-electron chi connectivity index (χ3n) is 9.31. The predicted octanol–water partition coefficient (Wildman–Crippen LogP) is 11.1. The fourth-order valence-electron chi connectivity index (χ4n) is 6.83. The predicted molar refractivity (Wildman–Crippen MR) is 193 cm³/mol.